The van der Waals surface area contributed by atoms with Gasteiger partial charge in [0, 0.05) is 42.1 Å². The van der Waals surface area contributed by atoms with Crippen molar-refractivity contribution in [3.05, 3.63) is 87.7 Å². The van der Waals surface area contributed by atoms with Crippen LogP contribution in [0.25, 0.3) is 11.4 Å². The highest BCUT2D eigenvalue weighted by Crippen LogP contribution is 2.49. The van der Waals surface area contributed by atoms with Gasteiger partial charge in [-0.05, 0) is 81.1 Å². The Bertz CT molecular complexity index is 1770. The molecule has 0 radical (unpaired) electrons. The molecule has 12 heteroatoms. The van der Waals surface area contributed by atoms with Gasteiger partial charge in [0.15, 0.2) is 17.3 Å². The fraction of sp³-hybridized carbons (Fsp3) is 0.387. The number of likely N-dealkylation sites (tertiary alicyclic amines) is 1. The maximum absolute atomic E-state index is 14.8. The summed E-state index contributed by atoms with van der Waals surface area (Å²) in [4.78, 5) is 10.2. The molecule has 4 heterocycles. The molecule has 9 nitrogen and oxygen atoms in total. The largest absolute Gasteiger partial charge is 0.444 e. The molecule has 6 rings (SSSR count). The number of fused-ring (bicyclic) bond motifs is 1. The van der Waals surface area contributed by atoms with Gasteiger partial charge in [-0.3, -0.25) is 9.88 Å². The third-order valence-corrected chi connectivity index (χ3v) is 9.29. The fourth-order valence-corrected chi connectivity index (χ4v) is 6.60. The normalized spacial score (nSPS) is 19.2. The summed E-state index contributed by atoms with van der Waals surface area (Å²) >= 11 is 5.96. The van der Waals surface area contributed by atoms with E-state index in [0.29, 0.717) is 41.1 Å². The first kappa shape index (κ1) is 29.5. The zero-order chi connectivity index (χ0) is 30.4. The summed E-state index contributed by atoms with van der Waals surface area (Å²) in [5.41, 5.74) is 3.86. The third kappa shape index (κ3) is 6.39. The Morgan fingerprint density at radius 1 is 1.14 bits per heavy atom. The van der Waals surface area contributed by atoms with Crippen molar-refractivity contribution in [1.82, 2.24) is 25.1 Å². The van der Waals surface area contributed by atoms with E-state index in [1.165, 1.54) is 12.3 Å². The smallest absolute Gasteiger partial charge is 0.278 e. The Balaban J connectivity index is 1.16. The lowest BCUT2D eigenvalue weighted by Crippen LogP contribution is -2.34. The average molecular weight is 626 g/mol. The molecule has 0 spiro atoms. The van der Waals surface area contributed by atoms with Crippen LogP contribution in [0.15, 0.2) is 48.7 Å². The standard InChI is InChI=1S/C31H33ClFN5O4S/c1-19-35-30(37-36-19)22-15-21(11-14-43(3,39)40)27(34-17-22)18-38-12-9-20(10-13-38)24-5-4-6-28-29(24)42-31(2,41-28)25-8-7-23(32)16-26(25)33/h4-8,15-17,20H,9-14,18H2,1-3H3,(H,35,36,37). The van der Waals surface area contributed by atoms with Gasteiger partial charge in [0.1, 0.15) is 21.5 Å². The van der Waals surface area contributed by atoms with E-state index in [0.717, 1.165) is 48.3 Å². The molecule has 0 bridgehead atoms. The number of aryl methyl sites for hydroxylation is 2. The number of rotatable bonds is 8. The van der Waals surface area contributed by atoms with Crippen LogP contribution in [-0.4, -0.2) is 58.6 Å². The molecule has 0 aliphatic carbocycles. The SMILES string of the molecule is Cc1nnc(-c2cnc(CN3CCC(c4cccc5c4OC(C)(c4ccc(Cl)cc4F)O5)CC3)c(CCS(C)(=O)=O)c2)[nH]1. The van der Waals surface area contributed by atoms with E-state index in [9.17, 15) is 12.8 Å². The van der Waals surface area contributed by atoms with Crippen LogP contribution in [0, 0.1) is 12.7 Å². The van der Waals surface area contributed by atoms with Crippen LogP contribution in [0.2, 0.25) is 5.02 Å². The van der Waals surface area contributed by atoms with E-state index in [1.54, 1.807) is 25.3 Å². The molecule has 1 unspecified atom stereocenters. The van der Waals surface area contributed by atoms with Crippen molar-refractivity contribution in [3.63, 3.8) is 0 Å². The van der Waals surface area contributed by atoms with Crippen LogP contribution in [-0.2, 0) is 28.6 Å². The molecular formula is C31H33ClFN5O4S. The number of sulfone groups is 1. The highest BCUT2D eigenvalue weighted by molar-refractivity contribution is 7.90. The minimum absolute atomic E-state index is 0.0443. The van der Waals surface area contributed by atoms with Crippen LogP contribution in [0.1, 0.15) is 53.9 Å². The Hall–Kier alpha value is -3.54. The second-order valence-corrected chi connectivity index (χ2v) is 14.2. The van der Waals surface area contributed by atoms with Gasteiger partial charge in [-0.2, -0.15) is 0 Å². The van der Waals surface area contributed by atoms with Gasteiger partial charge in [0.25, 0.3) is 5.79 Å². The van der Waals surface area contributed by atoms with Gasteiger partial charge < -0.3 is 14.5 Å². The summed E-state index contributed by atoms with van der Waals surface area (Å²) < 4.78 is 51.2. The van der Waals surface area contributed by atoms with Crippen molar-refractivity contribution >= 4 is 21.4 Å². The molecule has 1 saturated heterocycles. The topological polar surface area (TPSA) is 110 Å². The van der Waals surface area contributed by atoms with Crippen molar-refractivity contribution < 1.29 is 22.3 Å². The van der Waals surface area contributed by atoms with Crippen LogP contribution in [0.5, 0.6) is 11.5 Å². The fourth-order valence-electron chi connectivity index (χ4n) is 5.85. The van der Waals surface area contributed by atoms with Gasteiger partial charge in [-0.1, -0.05) is 23.7 Å². The maximum Gasteiger partial charge on any atom is 0.278 e. The van der Waals surface area contributed by atoms with Crippen LogP contribution >= 0.6 is 11.6 Å². The quantitative estimate of drug-likeness (QED) is 0.270. The molecule has 2 aliphatic rings. The third-order valence-electron chi connectivity index (χ3n) is 8.11. The van der Waals surface area contributed by atoms with Gasteiger partial charge in [-0.15, -0.1) is 10.2 Å². The van der Waals surface area contributed by atoms with Crippen molar-refractivity contribution in [2.45, 2.75) is 51.4 Å². The molecule has 2 aromatic carbocycles. The summed E-state index contributed by atoms with van der Waals surface area (Å²) in [6.45, 7) is 5.81. The Kier molecular flexibility index (Phi) is 7.91. The predicted octanol–water partition coefficient (Wildman–Crippen LogP) is 5.58. The summed E-state index contributed by atoms with van der Waals surface area (Å²) in [6.07, 6.45) is 5.16. The molecule has 1 fully saturated rings. The van der Waals surface area contributed by atoms with E-state index in [-0.39, 0.29) is 17.2 Å². The zero-order valence-corrected chi connectivity index (χ0v) is 25.8. The highest BCUT2D eigenvalue weighted by atomic mass is 35.5. The average Bonchev–Trinajstić information content (AvgIpc) is 3.55. The van der Waals surface area contributed by atoms with Crippen molar-refractivity contribution in [2.24, 2.45) is 0 Å². The number of para-hydroxylation sites is 1. The van der Waals surface area contributed by atoms with Crippen molar-refractivity contribution in [2.75, 3.05) is 25.1 Å². The number of nitrogens with one attached hydrogen (secondary N) is 1. The first-order chi connectivity index (χ1) is 20.5. The molecule has 1 N–H and O–H groups in total. The predicted molar refractivity (Wildman–Crippen MR) is 161 cm³/mol. The number of aromatic nitrogens is 4. The lowest BCUT2D eigenvalue weighted by Gasteiger charge is -2.33. The first-order valence-electron chi connectivity index (χ1n) is 14.2. The number of nitrogens with zero attached hydrogens (tertiary/aromatic N) is 4. The summed E-state index contributed by atoms with van der Waals surface area (Å²) in [5, 5.41) is 8.50. The molecule has 226 valence electrons. The number of aromatic amines is 1. The number of H-pyrrole nitrogens is 1. The number of ether oxygens (including phenoxy) is 2. The van der Waals surface area contributed by atoms with E-state index in [1.807, 2.05) is 25.1 Å². The first-order valence-corrected chi connectivity index (χ1v) is 16.7. The number of hydrogen-bond donors (Lipinski definition) is 1. The van der Waals surface area contributed by atoms with E-state index >= 15 is 0 Å². The van der Waals surface area contributed by atoms with Crippen molar-refractivity contribution in [3.8, 4) is 22.9 Å². The van der Waals surface area contributed by atoms with E-state index in [2.05, 4.69) is 26.1 Å². The highest BCUT2D eigenvalue weighted by Gasteiger charge is 2.43. The molecule has 0 amide bonds. The molecule has 1 atom stereocenters. The molecule has 4 aromatic rings. The number of piperidine rings is 1. The lowest BCUT2D eigenvalue weighted by molar-refractivity contribution is -0.0712. The molecular weight excluding hydrogens is 593 g/mol. The number of pyridine rings is 1. The van der Waals surface area contributed by atoms with Gasteiger partial charge in [-0.25, -0.2) is 12.8 Å². The summed E-state index contributed by atoms with van der Waals surface area (Å²) in [6, 6.07) is 12.3. The Labute approximate surface area is 255 Å². The Morgan fingerprint density at radius 2 is 1.93 bits per heavy atom. The van der Waals surface area contributed by atoms with Gasteiger partial charge in [0.05, 0.1) is 17.0 Å². The maximum atomic E-state index is 14.8. The zero-order valence-electron chi connectivity index (χ0n) is 24.2. The van der Waals surface area contributed by atoms with E-state index in [4.69, 9.17) is 26.1 Å². The number of halogens is 2. The van der Waals surface area contributed by atoms with Gasteiger partial charge in [0.2, 0.25) is 0 Å². The van der Waals surface area contributed by atoms with Crippen LogP contribution in [0.3, 0.4) is 0 Å². The molecule has 2 aliphatic heterocycles. The van der Waals surface area contributed by atoms with E-state index < -0.39 is 21.4 Å². The molecule has 0 saturated carbocycles. The molecule has 2 aromatic heterocycles. The van der Waals surface area contributed by atoms with Crippen molar-refractivity contribution in [1.29, 1.82) is 0 Å². The lowest BCUT2D eigenvalue weighted by atomic mass is 9.88. The summed E-state index contributed by atoms with van der Waals surface area (Å²) in [7, 11) is -3.14. The number of hydrogen-bond acceptors (Lipinski definition) is 8. The monoisotopic (exact) mass is 625 g/mol. The second kappa shape index (κ2) is 11.5. The number of benzene rings is 2. The van der Waals surface area contributed by atoms with Crippen LogP contribution in [0.4, 0.5) is 4.39 Å². The molecule has 43 heavy (non-hydrogen) atoms. The minimum Gasteiger partial charge on any atom is -0.444 e. The van der Waals surface area contributed by atoms with Gasteiger partial charge >= 0.3 is 0 Å². The Morgan fingerprint density at radius 3 is 2.63 bits per heavy atom. The summed E-state index contributed by atoms with van der Waals surface area (Å²) in [5.74, 6) is 1.06. The minimum atomic E-state index is -3.14. The van der Waals surface area contributed by atoms with Crippen LogP contribution < -0.4 is 9.47 Å². The second-order valence-electron chi connectivity index (χ2n) is 11.5.